The summed E-state index contributed by atoms with van der Waals surface area (Å²) in [5.74, 6) is 0.368. The Morgan fingerprint density at radius 2 is 2.27 bits per heavy atom. The molecule has 2 heterocycles. The van der Waals surface area contributed by atoms with Crippen LogP contribution >= 0.6 is 0 Å². The van der Waals surface area contributed by atoms with Gasteiger partial charge >= 0.3 is 0 Å². The molecule has 1 aliphatic rings. The van der Waals surface area contributed by atoms with Crippen LogP contribution in [0.15, 0.2) is 17.2 Å². The van der Waals surface area contributed by atoms with Crippen molar-refractivity contribution < 1.29 is 9.90 Å². The van der Waals surface area contributed by atoms with Gasteiger partial charge in [0, 0.05) is 45.0 Å². The standard InChI is InChI=1S/C15H24N4O3/c1-11(2)9-18-4-5-19(10-12(18)3-6-20)15(22)13-7-17-14(21)8-16-13/h7-8,11-12,20H,3-6,9-10H2,1-2H3,(H,17,21)/t12-/m1/s1. The minimum atomic E-state index is -0.323. The van der Waals surface area contributed by atoms with Gasteiger partial charge in [-0.1, -0.05) is 13.8 Å². The summed E-state index contributed by atoms with van der Waals surface area (Å²) in [6.45, 7) is 7.40. The largest absolute Gasteiger partial charge is 0.396 e. The number of rotatable bonds is 5. The van der Waals surface area contributed by atoms with Gasteiger partial charge in [0.15, 0.2) is 0 Å². The van der Waals surface area contributed by atoms with E-state index in [9.17, 15) is 14.7 Å². The number of aliphatic hydroxyl groups excluding tert-OH is 1. The fourth-order valence-corrected chi connectivity index (χ4v) is 2.83. The van der Waals surface area contributed by atoms with Gasteiger partial charge in [-0.2, -0.15) is 0 Å². The normalized spacial score (nSPS) is 19.6. The number of nitrogens with one attached hydrogen (secondary N) is 1. The molecule has 1 aromatic rings. The average Bonchev–Trinajstić information content (AvgIpc) is 2.49. The van der Waals surface area contributed by atoms with Gasteiger partial charge in [0.1, 0.15) is 5.69 Å². The molecule has 0 spiro atoms. The number of hydrogen-bond donors (Lipinski definition) is 2. The van der Waals surface area contributed by atoms with Crippen LogP contribution in [-0.4, -0.2) is 69.6 Å². The second kappa shape index (κ2) is 7.51. The van der Waals surface area contributed by atoms with Crippen molar-refractivity contribution in [1.29, 1.82) is 0 Å². The van der Waals surface area contributed by atoms with Gasteiger partial charge in [-0.15, -0.1) is 0 Å². The molecule has 0 aliphatic carbocycles. The van der Waals surface area contributed by atoms with E-state index in [0.717, 1.165) is 19.3 Å². The fourth-order valence-electron chi connectivity index (χ4n) is 2.83. The summed E-state index contributed by atoms with van der Waals surface area (Å²) in [5, 5.41) is 9.26. The summed E-state index contributed by atoms with van der Waals surface area (Å²) in [5.41, 5.74) is -0.0730. The number of nitrogens with zero attached hydrogens (tertiary/aromatic N) is 3. The van der Waals surface area contributed by atoms with Gasteiger partial charge in [0.25, 0.3) is 11.5 Å². The first kappa shape index (κ1) is 16.6. The third-order valence-corrected chi connectivity index (χ3v) is 3.85. The summed E-state index contributed by atoms with van der Waals surface area (Å²) >= 11 is 0. The highest BCUT2D eigenvalue weighted by atomic mass is 16.3. The highest BCUT2D eigenvalue weighted by Crippen LogP contribution is 2.16. The van der Waals surface area contributed by atoms with E-state index < -0.39 is 0 Å². The van der Waals surface area contributed by atoms with E-state index in [1.807, 2.05) is 0 Å². The molecule has 1 fully saturated rings. The number of hydrogen-bond acceptors (Lipinski definition) is 5. The maximum atomic E-state index is 12.5. The summed E-state index contributed by atoms with van der Waals surface area (Å²) in [6, 6.07) is 0.160. The second-order valence-electron chi connectivity index (χ2n) is 6.10. The average molecular weight is 308 g/mol. The molecule has 0 aromatic carbocycles. The third-order valence-electron chi connectivity index (χ3n) is 3.85. The van der Waals surface area contributed by atoms with E-state index in [1.54, 1.807) is 4.90 Å². The molecule has 1 amide bonds. The number of aromatic amines is 1. The molecular formula is C15H24N4O3. The Hall–Kier alpha value is -1.73. The Kier molecular flexibility index (Phi) is 5.68. The van der Waals surface area contributed by atoms with Crippen LogP contribution in [-0.2, 0) is 0 Å². The van der Waals surface area contributed by atoms with Crippen LogP contribution in [0.25, 0.3) is 0 Å². The van der Waals surface area contributed by atoms with Crippen LogP contribution in [0.2, 0.25) is 0 Å². The number of amides is 1. The Bertz CT molecular complexity index is 537. The van der Waals surface area contributed by atoms with Gasteiger partial charge in [0.2, 0.25) is 0 Å². The molecule has 0 unspecified atom stereocenters. The SMILES string of the molecule is CC(C)CN1CCN(C(=O)c2c[nH]c(=O)cn2)C[C@H]1CCO. The molecule has 1 aliphatic heterocycles. The maximum absolute atomic E-state index is 12.5. The molecule has 0 bridgehead atoms. The number of carbonyl (C=O) groups excluding carboxylic acids is 1. The molecule has 1 saturated heterocycles. The van der Waals surface area contributed by atoms with Crippen molar-refractivity contribution in [1.82, 2.24) is 19.8 Å². The van der Waals surface area contributed by atoms with Crippen LogP contribution in [0, 0.1) is 5.92 Å². The van der Waals surface area contributed by atoms with E-state index >= 15 is 0 Å². The lowest BCUT2D eigenvalue weighted by molar-refractivity contribution is 0.0380. The Morgan fingerprint density at radius 3 is 2.86 bits per heavy atom. The molecule has 7 nitrogen and oxygen atoms in total. The monoisotopic (exact) mass is 308 g/mol. The number of aromatic nitrogens is 2. The van der Waals surface area contributed by atoms with Crippen LogP contribution in [0.5, 0.6) is 0 Å². The van der Waals surface area contributed by atoms with Gasteiger partial charge in [-0.3, -0.25) is 14.5 Å². The predicted molar refractivity (Wildman–Crippen MR) is 82.7 cm³/mol. The van der Waals surface area contributed by atoms with Crippen LogP contribution in [0.1, 0.15) is 30.8 Å². The highest BCUT2D eigenvalue weighted by Gasteiger charge is 2.30. The van der Waals surface area contributed by atoms with Crippen molar-refractivity contribution in [2.24, 2.45) is 5.92 Å². The van der Waals surface area contributed by atoms with Crippen molar-refractivity contribution in [3.63, 3.8) is 0 Å². The van der Waals surface area contributed by atoms with Gasteiger partial charge in [-0.05, 0) is 12.3 Å². The van der Waals surface area contributed by atoms with E-state index in [1.165, 1.54) is 6.20 Å². The lowest BCUT2D eigenvalue weighted by Gasteiger charge is -2.42. The van der Waals surface area contributed by atoms with Gasteiger partial charge in [0.05, 0.1) is 6.20 Å². The summed E-state index contributed by atoms with van der Waals surface area (Å²) in [7, 11) is 0. The molecule has 0 saturated carbocycles. The van der Waals surface area contributed by atoms with E-state index in [-0.39, 0.29) is 29.8 Å². The van der Waals surface area contributed by atoms with Crippen molar-refractivity contribution in [2.45, 2.75) is 26.3 Å². The Labute approximate surface area is 130 Å². The molecular weight excluding hydrogens is 284 g/mol. The first-order valence-electron chi connectivity index (χ1n) is 7.70. The first-order valence-corrected chi connectivity index (χ1v) is 7.70. The lowest BCUT2D eigenvalue weighted by Crippen LogP contribution is -2.55. The van der Waals surface area contributed by atoms with E-state index in [0.29, 0.717) is 25.4 Å². The topological polar surface area (TPSA) is 89.5 Å². The highest BCUT2D eigenvalue weighted by molar-refractivity contribution is 5.92. The minimum Gasteiger partial charge on any atom is -0.396 e. The lowest BCUT2D eigenvalue weighted by atomic mass is 10.1. The smallest absolute Gasteiger partial charge is 0.274 e. The zero-order valence-electron chi connectivity index (χ0n) is 13.2. The molecule has 1 aromatic heterocycles. The summed E-state index contributed by atoms with van der Waals surface area (Å²) < 4.78 is 0. The van der Waals surface area contributed by atoms with Crippen molar-refractivity contribution in [2.75, 3.05) is 32.8 Å². The Balaban J connectivity index is 2.05. The number of aliphatic hydroxyl groups is 1. The fraction of sp³-hybridized carbons (Fsp3) is 0.667. The predicted octanol–water partition coefficient (Wildman–Crippen LogP) is -0.0653. The molecule has 2 N–H and O–H groups in total. The minimum absolute atomic E-state index is 0.109. The van der Waals surface area contributed by atoms with Gasteiger partial charge in [-0.25, -0.2) is 4.98 Å². The second-order valence-corrected chi connectivity index (χ2v) is 6.10. The molecule has 122 valence electrons. The molecule has 0 radical (unpaired) electrons. The zero-order valence-corrected chi connectivity index (χ0v) is 13.2. The number of H-pyrrole nitrogens is 1. The van der Waals surface area contributed by atoms with Crippen molar-refractivity contribution in [3.8, 4) is 0 Å². The number of piperazine rings is 1. The van der Waals surface area contributed by atoms with Crippen molar-refractivity contribution in [3.05, 3.63) is 28.4 Å². The quantitative estimate of drug-likeness (QED) is 0.795. The first-order chi connectivity index (χ1) is 10.5. The summed E-state index contributed by atoms with van der Waals surface area (Å²) in [4.78, 5) is 33.9. The zero-order chi connectivity index (χ0) is 16.1. The number of carbonyl (C=O) groups is 1. The van der Waals surface area contributed by atoms with Crippen LogP contribution in [0.3, 0.4) is 0 Å². The molecule has 1 atom stereocenters. The molecule has 7 heteroatoms. The maximum Gasteiger partial charge on any atom is 0.274 e. The third kappa shape index (κ3) is 4.14. The van der Waals surface area contributed by atoms with E-state index in [4.69, 9.17) is 0 Å². The van der Waals surface area contributed by atoms with Crippen LogP contribution < -0.4 is 5.56 Å². The van der Waals surface area contributed by atoms with Crippen LogP contribution in [0.4, 0.5) is 0 Å². The molecule has 2 rings (SSSR count). The van der Waals surface area contributed by atoms with Crippen molar-refractivity contribution >= 4 is 5.91 Å². The van der Waals surface area contributed by atoms with E-state index in [2.05, 4.69) is 28.7 Å². The van der Waals surface area contributed by atoms with Gasteiger partial charge < -0.3 is 15.0 Å². The molecule has 22 heavy (non-hydrogen) atoms. The summed E-state index contributed by atoms with van der Waals surface area (Å²) in [6.07, 6.45) is 3.12. The Morgan fingerprint density at radius 1 is 1.50 bits per heavy atom.